The molecule has 104 valence electrons. The van der Waals surface area contributed by atoms with Crippen molar-refractivity contribution in [2.24, 2.45) is 0 Å². The van der Waals surface area contributed by atoms with Gasteiger partial charge in [-0.1, -0.05) is 6.07 Å². The van der Waals surface area contributed by atoms with Crippen LogP contribution in [0.15, 0.2) is 41.0 Å². The number of rotatable bonds is 2. The average Bonchev–Trinajstić information content (AvgIpc) is 3.01. The summed E-state index contributed by atoms with van der Waals surface area (Å²) in [6, 6.07) is 8.65. The van der Waals surface area contributed by atoms with Crippen molar-refractivity contribution in [3.8, 4) is 5.75 Å². The fourth-order valence-corrected chi connectivity index (χ4v) is 2.44. The third-order valence-electron chi connectivity index (χ3n) is 3.49. The van der Waals surface area contributed by atoms with Gasteiger partial charge in [0.05, 0.1) is 25.2 Å². The highest BCUT2D eigenvalue weighted by Crippen LogP contribution is 2.37. The van der Waals surface area contributed by atoms with Crippen LogP contribution >= 0.6 is 0 Å². The lowest BCUT2D eigenvalue weighted by atomic mass is 9.98. The third-order valence-corrected chi connectivity index (χ3v) is 3.49. The quantitative estimate of drug-likeness (QED) is 0.912. The monoisotopic (exact) mass is 273 g/mol. The number of fused-ring (bicyclic) bond motifs is 1. The maximum absolute atomic E-state index is 12.4. The Morgan fingerprint density at radius 1 is 1.45 bits per heavy atom. The van der Waals surface area contributed by atoms with E-state index in [2.05, 4.69) is 0 Å². The molecule has 1 aliphatic rings. The molecule has 1 N–H and O–H groups in total. The zero-order valence-corrected chi connectivity index (χ0v) is 11.1. The molecule has 3 rings (SSSR count). The standard InChI is InChI=1S/C15H15NO4/c1-19-10-4-5-11-12(9-10)16(7-6-13(11)17)15(18)14-3-2-8-20-14/h2-5,8-9,13,17H,6-7H2,1H3. The predicted molar refractivity (Wildman–Crippen MR) is 73.0 cm³/mol. The smallest absolute Gasteiger partial charge is 0.293 e. The first kappa shape index (κ1) is 12.7. The second-order valence-electron chi connectivity index (χ2n) is 4.66. The summed E-state index contributed by atoms with van der Waals surface area (Å²) in [4.78, 5) is 14.1. The summed E-state index contributed by atoms with van der Waals surface area (Å²) in [6.45, 7) is 0.445. The van der Waals surface area contributed by atoms with Gasteiger partial charge in [-0.15, -0.1) is 0 Å². The fraction of sp³-hybridized carbons (Fsp3) is 0.267. The van der Waals surface area contributed by atoms with Gasteiger partial charge >= 0.3 is 0 Å². The minimum absolute atomic E-state index is 0.212. The molecule has 2 aromatic rings. The van der Waals surface area contributed by atoms with Gasteiger partial charge in [0.15, 0.2) is 5.76 Å². The molecule has 1 amide bonds. The Morgan fingerprint density at radius 2 is 2.30 bits per heavy atom. The van der Waals surface area contributed by atoms with Gasteiger partial charge in [-0.2, -0.15) is 0 Å². The second-order valence-corrected chi connectivity index (χ2v) is 4.66. The van der Waals surface area contributed by atoms with Crippen molar-refractivity contribution in [3.05, 3.63) is 47.9 Å². The van der Waals surface area contributed by atoms with Crippen LogP contribution in [0.25, 0.3) is 0 Å². The van der Waals surface area contributed by atoms with Gasteiger partial charge in [0.2, 0.25) is 0 Å². The van der Waals surface area contributed by atoms with Crippen LogP contribution in [0.2, 0.25) is 0 Å². The molecule has 0 fully saturated rings. The van der Waals surface area contributed by atoms with Gasteiger partial charge in [0.25, 0.3) is 5.91 Å². The van der Waals surface area contributed by atoms with E-state index in [0.717, 1.165) is 5.56 Å². The first-order valence-electron chi connectivity index (χ1n) is 6.42. The largest absolute Gasteiger partial charge is 0.497 e. The number of carbonyl (C=O) groups excluding carboxylic acids is 1. The van der Waals surface area contributed by atoms with E-state index < -0.39 is 6.10 Å². The summed E-state index contributed by atoms with van der Waals surface area (Å²) < 4.78 is 10.4. The fourth-order valence-electron chi connectivity index (χ4n) is 2.44. The minimum Gasteiger partial charge on any atom is -0.497 e. The first-order valence-corrected chi connectivity index (χ1v) is 6.42. The number of benzene rings is 1. The van der Waals surface area contributed by atoms with E-state index in [1.54, 1.807) is 42.3 Å². The van der Waals surface area contributed by atoms with Gasteiger partial charge in [-0.05, 0) is 24.6 Å². The molecule has 2 heterocycles. The van der Waals surface area contributed by atoms with Crippen LogP contribution in [0.4, 0.5) is 5.69 Å². The van der Waals surface area contributed by atoms with Gasteiger partial charge in [-0.3, -0.25) is 4.79 Å². The SMILES string of the molecule is COc1ccc2c(c1)N(C(=O)c1ccco1)CCC2O. The number of aliphatic hydroxyl groups excluding tert-OH is 1. The van der Waals surface area contributed by atoms with E-state index in [1.165, 1.54) is 6.26 Å². The summed E-state index contributed by atoms with van der Waals surface area (Å²) in [5.41, 5.74) is 1.40. The molecule has 1 unspecified atom stereocenters. The Hall–Kier alpha value is -2.27. The molecule has 0 bridgehead atoms. The molecule has 1 aliphatic heterocycles. The normalized spacial score (nSPS) is 17.7. The van der Waals surface area contributed by atoms with E-state index in [4.69, 9.17) is 9.15 Å². The van der Waals surface area contributed by atoms with E-state index in [1.807, 2.05) is 0 Å². The van der Waals surface area contributed by atoms with Crippen molar-refractivity contribution in [1.29, 1.82) is 0 Å². The van der Waals surface area contributed by atoms with Crippen molar-refractivity contribution in [2.75, 3.05) is 18.6 Å². The molecule has 5 nitrogen and oxygen atoms in total. The highest BCUT2D eigenvalue weighted by Gasteiger charge is 2.29. The van der Waals surface area contributed by atoms with Crippen molar-refractivity contribution < 1.29 is 19.1 Å². The Bertz CT molecular complexity index is 621. The molecule has 1 aromatic heterocycles. The van der Waals surface area contributed by atoms with Crippen LogP contribution in [0, 0.1) is 0 Å². The zero-order valence-electron chi connectivity index (χ0n) is 11.1. The van der Waals surface area contributed by atoms with Crippen LogP contribution in [0.5, 0.6) is 5.75 Å². The molecule has 1 aromatic carbocycles. The number of anilines is 1. The minimum atomic E-state index is -0.559. The van der Waals surface area contributed by atoms with Gasteiger partial charge in [0, 0.05) is 18.2 Å². The van der Waals surface area contributed by atoms with Crippen LogP contribution in [0.1, 0.15) is 28.6 Å². The maximum atomic E-state index is 12.4. The predicted octanol–water partition coefficient (Wildman–Crippen LogP) is 2.37. The summed E-state index contributed by atoms with van der Waals surface area (Å²) in [5, 5.41) is 10.1. The van der Waals surface area contributed by atoms with Crippen LogP contribution in [-0.4, -0.2) is 24.7 Å². The van der Waals surface area contributed by atoms with Crippen molar-refractivity contribution in [1.82, 2.24) is 0 Å². The summed E-state index contributed by atoms with van der Waals surface area (Å²) in [5.74, 6) is 0.724. The number of aliphatic hydroxyl groups is 1. The van der Waals surface area contributed by atoms with Crippen LogP contribution in [0.3, 0.4) is 0 Å². The second kappa shape index (κ2) is 5.02. The summed E-state index contributed by atoms with van der Waals surface area (Å²) in [7, 11) is 1.57. The average molecular weight is 273 g/mol. The molecule has 1 atom stereocenters. The number of ether oxygens (including phenoxy) is 1. The third kappa shape index (κ3) is 2.06. The summed E-state index contributed by atoms with van der Waals surface area (Å²) >= 11 is 0. The number of hydrogen-bond acceptors (Lipinski definition) is 4. The molecule has 0 saturated heterocycles. The lowest BCUT2D eigenvalue weighted by molar-refractivity contribution is 0.0944. The van der Waals surface area contributed by atoms with Crippen molar-refractivity contribution >= 4 is 11.6 Å². The van der Waals surface area contributed by atoms with Crippen molar-refractivity contribution in [2.45, 2.75) is 12.5 Å². The van der Waals surface area contributed by atoms with Gasteiger partial charge < -0.3 is 19.2 Å². The Balaban J connectivity index is 2.03. The number of nitrogens with zero attached hydrogens (tertiary/aromatic N) is 1. The number of furan rings is 1. The highest BCUT2D eigenvalue weighted by atomic mass is 16.5. The molecule has 0 saturated carbocycles. The zero-order chi connectivity index (χ0) is 14.1. The number of methoxy groups -OCH3 is 1. The van der Waals surface area contributed by atoms with Crippen LogP contribution < -0.4 is 9.64 Å². The highest BCUT2D eigenvalue weighted by molar-refractivity contribution is 6.05. The molecule has 0 radical (unpaired) electrons. The topological polar surface area (TPSA) is 62.9 Å². The van der Waals surface area contributed by atoms with E-state index in [0.29, 0.717) is 24.4 Å². The molecular weight excluding hydrogens is 258 g/mol. The molecule has 5 heteroatoms. The van der Waals surface area contributed by atoms with Crippen LogP contribution in [-0.2, 0) is 0 Å². The van der Waals surface area contributed by atoms with E-state index in [9.17, 15) is 9.90 Å². The number of hydrogen-bond donors (Lipinski definition) is 1. The molecule has 0 spiro atoms. The number of amides is 1. The van der Waals surface area contributed by atoms with E-state index in [-0.39, 0.29) is 11.7 Å². The summed E-state index contributed by atoms with van der Waals surface area (Å²) in [6.07, 6.45) is 1.42. The maximum Gasteiger partial charge on any atom is 0.293 e. The van der Waals surface area contributed by atoms with Gasteiger partial charge in [0.1, 0.15) is 5.75 Å². The Morgan fingerprint density at radius 3 is 3.00 bits per heavy atom. The Kier molecular flexibility index (Phi) is 3.20. The lowest BCUT2D eigenvalue weighted by Crippen LogP contribution is -2.36. The lowest BCUT2D eigenvalue weighted by Gasteiger charge is -2.31. The first-order chi connectivity index (χ1) is 9.70. The number of carbonyl (C=O) groups is 1. The van der Waals surface area contributed by atoms with Gasteiger partial charge in [-0.25, -0.2) is 0 Å². The molecule has 20 heavy (non-hydrogen) atoms. The molecule has 0 aliphatic carbocycles. The molecular formula is C15H15NO4. The Labute approximate surface area is 116 Å². The van der Waals surface area contributed by atoms with E-state index >= 15 is 0 Å². The van der Waals surface area contributed by atoms with Crippen molar-refractivity contribution in [3.63, 3.8) is 0 Å².